The Morgan fingerprint density at radius 2 is 1.61 bits per heavy atom. The van der Waals surface area contributed by atoms with Gasteiger partial charge in [0.25, 0.3) is 5.91 Å². The normalized spacial score (nSPS) is 17.6. The highest BCUT2D eigenvalue weighted by molar-refractivity contribution is 6.38. The van der Waals surface area contributed by atoms with Crippen LogP contribution in [0, 0.1) is 17.3 Å². The molecule has 1 aliphatic heterocycles. The zero-order valence-corrected chi connectivity index (χ0v) is 31.1. The largest absolute Gasteiger partial charge is 0.449 e. The van der Waals surface area contributed by atoms with Crippen LogP contribution in [0.25, 0.3) is 0 Å². The second-order valence-electron chi connectivity index (χ2n) is 14.7. The molecule has 1 aromatic rings. The molecule has 1 heterocycles. The van der Waals surface area contributed by atoms with Crippen LogP contribution in [0.15, 0.2) is 30.3 Å². The molecule has 51 heavy (non-hydrogen) atoms. The van der Waals surface area contributed by atoms with Crippen molar-refractivity contribution in [1.29, 1.82) is 0 Å². The van der Waals surface area contributed by atoms with E-state index >= 15 is 0 Å². The summed E-state index contributed by atoms with van der Waals surface area (Å²) < 4.78 is 11.3. The molecule has 0 aromatic heterocycles. The highest BCUT2D eigenvalue weighted by Gasteiger charge is 2.44. The Labute approximate surface area is 300 Å². The molecule has 0 aliphatic carbocycles. The first-order valence-corrected chi connectivity index (χ1v) is 17.5. The van der Waals surface area contributed by atoms with Crippen molar-refractivity contribution in [2.24, 2.45) is 23.0 Å². The number of alkyl carbamates (subject to hydrolysis) is 1. The van der Waals surface area contributed by atoms with Crippen molar-refractivity contribution in [3.05, 3.63) is 35.9 Å². The number of nitrogens with zero attached hydrogens (tertiary/aromatic N) is 1. The van der Waals surface area contributed by atoms with E-state index in [0.717, 1.165) is 5.56 Å². The summed E-state index contributed by atoms with van der Waals surface area (Å²) in [6.07, 6.45) is -0.689. The molecular weight excluding hydrogens is 660 g/mol. The fourth-order valence-electron chi connectivity index (χ4n) is 5.46. The number of amides is 6. The summed E-state index contributed by atoms with van der Waals surface area (Å²) in [6, 6.07) is 5.01. The minimum Gasteiger partial charge on any atom is -0.449 e. The second-order valence-corrected chi connectivity index (χ2v) is 14.7. The average Bonchev–Trinajstić information content (AvgIpc) is 3.50. The summed E-state index contributed by atoms with van der Waals surface area (Å²) in [4.78, 5) is 92.2. The summed E-state index contributed by atoms with van der Waals surface area (Å²) in [5, 5.41) is 9.99. The molecule has 0 spiro atoms. The minimum atomic E-state index is -1.26. The molecule has 1 saturated heterocycles. The highest BCUT2D eigenvalue weighted by atomic mass is 16.5. The number of likely N-dealkylation sites (tertiary alicyclic amines) is 1. The van der Waals surface area contributed by atoms with Gasteiger partial charge in [0.1, 0.15) is 18.1 Å². The lowest BCUT2D eigenvalue weighted by atomic mass is 9.86. The van der Waals surface area contributed by atoms with Gasteiger partial charge in [-0.2, -0.15) is 0 Å². The zero-order valence-electron chi connectivity index (χ0n) is 31.1. The number of nitrogens with one attached hydrogen (secondary N) is 4. The zero-order chi connectivity index (χ0) is 38.5. The maximum Gasteiger partial charge on any atom is 0.407 e. The number of ether oxygens (including phenoxy) is 2. The van der Waals surface area contributed by atoms with Gasteiger partial charge in [-0.25, -0.2) is 4.79 Å². The fourth-order valence-corrected chi connectivity index (χ4v) is 5.46. The van der Waals surface area contributed by atoms with Crippen LogP contribution in [0.5, 0.6) is 0 Å². The third kappa shape index (κ3) is 13.6. The Hall–Kier alpha value is -4.53. The predicted octanol–water partition coefficient (Wildman–Crippen LogP) is 1.57. The molecule has 15 nitrogen and oxygen atoms in total. The molecule has 5 atom stereocenters. The van der Waals surface area contributed by atoms with Crippen LogP contribution in [0.3, 0.4) is 0 Å². The van der Waals surface area contributed by atoms with E-state index in [4.69, 9.17) is 15.2 Å². The molecule has 2 rings (SSSR count). The van der Waals surface area contributed by atoms with Gasteiger partial charge in [-0.1, -0.05) is 92.1 Å². The number of hydrogen-bond acceptors (Lipinski definition) is 9. The van der Waals surface area contributed by atoms with Gasteiger partial charge in [0.05, 0.1) is 31.9 Å². The third-order valence-electron chi connectivity index (χ3n) is 8.23. The van der Waals surface area contributed by atoms with Crippen molar-refractivity contribution in [3.63, 3.8) is 0 Å². The maximum absolute atomic E-state index is 14.0. The van der Waals surface area contributed by atoms with Gasteiger partial charge in [0, 0.05) is 13.0 Å². The van der Waals surface area contributed by atoms with Gasteiger partial charge in [-0.15, -0.1) is 0 Å². The molecule has 5 unspecified atom stereocenters. The van der Waals surface area contributed by atoms with Crippen LogP contribution in [0.1, 0.15) is 80.2 Å². The standard InChI is InChI=1S/C36H56N6O9/c1-9-13-25(29(44)33(47)38-17-27(43)40-30(31(37)45)36(6,7)8)39-32(46)26-16-24(50-20-23-14-11-10-12-15-23)18-42(26)34(48)28(22(4)5)41-35(49)51-19-21(2)3/h10-12,14-15,21-22,24-26,28,30H,9,13,16-20H2,1-8H3,(H2,37,45)(H,38,47)(H,39,46)(H,40,43)(H,41,49). The molecule has 15 heteroatoms. The Kier molecular flexibility index (Phi) is 16.5. The van der Waals surface area contributed by atoms with E-state index in [1.807, 2.05) is 44.2 Å². The Morgan fingerprint density at radius 3 is 2.16 bits per heavy atom. The molecule has 6 N–H and O–H groups in total. The Morgan fingerprint density at radius 1 is 0.961 bits per heavy atom. The highest BCUT2D eigenvalue weighted by Crippen LogP contribution is 2.25. The fraction of sp³-hybridized carbons (Fsp3) is 0.639. The number of ketones is 1. The van der Waals surface area contributed by atoms with E-state index in [1.165, 1.54) is 4.90 Å². The molecular formula is C36H56N6O9. The summed E-state index contributed by atoms with van der Waals surface area (Å²) in [6.45, 7) is 14.0. The van der Waals surface area contributed by atoms with Gasteiger partial charge in [-0.05, 0) is 29.2 Å². The van der Waals surface area contributed by atoms with Gasteiger partial charge in [-0.3, -0.25) is 28.8 Å². The first-order valence-electron chi connectivity index (χ1n) is 17.5. The lowest BCUT2D eigenvalue weighted by Gasteiger charge is -2.31. The van der Waals surface area contributed by atoms with Crippen molar-refractivity contribution >= 4 is 41.4 Å². The van der Waals surface area contributed by atoms with Crippen molar-refractivity contribution < 1.29 is 43.0 Å². The van der Waals surface area contributed by atoms with Crippen molar-refractivity contribution in [1.82, 2.24) is 26.2 Å². The molecule has 6 amide bonds. The number of benzene rings is 1. The summed E-state index contributed by atoms with van der Waals surface area (Å²) in [5.41, 5.74) is 5.61. The van der Waals surface area contributed by atoms with Crippen LogP contribution >= 0.6 is 0 Å². The van der Waals surface area contributed by atoms with Crippen LogP contribution in [-0.2, 0) is 44.8 Å². The topological polar surface area (TPSA) is 215 Å². The molecule has 0 bridgehead atoms. The quantitative estimate of drug-likeness (QED) is 0.139. The first-order chi connectivity index (χ1) is 23.8. The van der Waals surface area contributed by atoms with Crippen molar-refractivity contribution in [2.45, 2.75) is 112 Å². The number of carbonyl (C=O) groups excluding carboxylic acids is 7. The van der Waals surface area contributed by atoms with Gasteiger partial charge >= 0.3 is 6.09 Å². The lowest BCUT2D eigenvalue weighted by Crippen LogP contribution is -2.57. The molecule has 1 fully saturated rings. The molecule has 0 radical (unpaired) electrons. The SMILES string of the molecule is CCCC(NC(=O)C1CC(OCc2ccccc2)CN1C(=O)C(NC(=O)OCC(C)C)C(C)C)C(=O)C(=O)NCC(=O)NC(C(N)=O)C(C)(C)C. The van der Waals surface area contributed by atoms with Crippen LogP contribution in [0.2, 0.25) is 0 Å². The van der Waals surface area contributed by atoms with E-state index in [2.05, 4.69) is 21.3 Å². The van der Waals surface area contributed by atoms with Crippen molar-refractivity contribution in [2.75, 3.05) is 19.7 Å². The second kappa shape index (κ2) is 19.8. The van der Waals surface area contributed by atoms with E-state index in [1.54, 1.807) is 41.5 Å². The van der Waals surface area contributed by atoms with Gasteiger partial charge in [0.2, 0.25) is 29.4 Å². The summed E-state index contributed by atoms with van der Waals surface area (Å²) in [5.74, 6) is -5.06. The van der Waals surface area contributed by atoms with E-state index in [0.29, 0.717) is 6.42 Å². The number of carbonyl (C=O) groups is 7. The van der Waals surface area contributed by atoms with E-state index < -0.39 is 83.6 Å². The van der Waals surface area contributed by atoms with Crippen molar-refractivity contribution in [3.8, 4) is 0 Å². The molecule has 1 aliphatic rings. The smallest absolute Gasteiger partial charge is 0.407 e. The molecule has 0 saturated carbocycles. The third-order valence-corrected chi connectivity index (χ3v) is 8.23. The molecule has 284 valence electrons. The number of rotatable bonds is 18. The Balaban J connectivity index is 2.22. The predicted molar refractivity (Wildman–Crippen MR) is 189 cm³/mol. The lowest BCUT2D eigenvalue weighted by molar-refractivity contribution is -0.143. The average molecular weight is 717 g/mol. The molecule has 1 aromatic carbocycles. The first kappa shape index (κ1) is 42.6. The van der Waals surface area contributed by atoms with E-state index in [-0.39, 0.29) is 44.4 Å². The number of nitrogens with two attached hydrogens (primary N) is 1. The summed E-state index contributed by atoms with van der Waals surface area (Å²) in [7, 11) is 0. The van der Waals surface area contributed by atoms with Crippen LogP contribution in [-0.4, -0.2) is 96.3 Å². The van der Waals surface area contributed by atoms with Gasteiger partial charge < -0.3 is 41.4 Å². The number of hydrogen-bond donors (Lipinski definition) is 5. The monoisotopic (exact) mass is 716 g/mol. The summed E-state index contributed by atoms with van der Waals surface area (Å²) >= 11 is 0. The van der Waals surface area contributed by atoms with E-state index in [9.17, 15) is 33.6 Å². The van der Waals surface area contributed by atoms with Crippen LogP contribution < -0.4 is 27.0 Å². The van der Waals surface area contributed by atoms with Gasteiger partial charge in [0.15, 0.2) is 0 Å². The number of primary amides is 1. The number of Topliss-reactive ketones (excluding diaryl/α,β-unsaturated/α-hetero) is 1. The Bertz CT molecular complexity index is 1380. The minimum absolute atomic E-state index is 0.0402. The van der Waals surface area contributed by atoms with Crippen LogP contribution in [0.4, 0.5) is 4.79 Å². The maximum atomic E-state index is 14.0.